The molecule has 1 amide bonds. The van der Waals surface area contributed by atoms with Gasteiger partial charge in [0.25, 0.3) is 5.91 Å². The number of nitrogens with zero attached hydrogens (tertiary/aromatic N) is 1. The van der Waals surface area contributed by atoms with Gasteiger partial charge < -0.3 is 8.94 Å². The molecule has 2 heterocycles. The Balaban J connectivity index is 2.11. The second-order valence-electron chi connectivity index (χ2n) is 3.83. The van der Waals surface area contributed by atoms with E-state index < -0.39 is 0 Å². The average molecular weight is 299 g/mol. The third-order valence-electron chi connectivity index (χ3n) is 2.22. The molecule has 17 heavy (non-hydrogen) atoms. The molecule has 0 aromatic carbocycles. The minimum atomic E-state index is -0.308. The summed E-state index contributed by atoms with van der Waals surface area (Å²) in [6.45, 7) is 3.99. The van der Waals surface area contributed by atoms with Gasteiger partial charge in [0.1, 0.15) is 0 Å². The number of aromatic nitrogens is 1. The predicted octanol–water partition coefficient (Wildman–Crippen LogP) is 3.41. The van der Waals surface area contributed by atoms with Gasteiger partial charge >= 0.3 is 0 Å². The van der Waals surface area contributed by atoms with Crippen molar-refractivity contribution in [1.29, 1.82) is 0 Å². The molecule has 0 aliphatic carbocycles. The minimum Gasteiger partial charge on any atom is -0.457 e. The summed E-state index contributed by atoms with van der Waals surface area (Å²) in [5.41, 5.74) is 1.21. The van der Waals surface area contributed by atoms with Crippen LogP contribution in [0.4, 0.5) is 5.88 Å². The van der Waals surface area contributed by atoms with E-state index in [1.54, 1.807) is 12.1 Å². The normalized spacial score (nSPS) is 10.8. The third kappa shape index (κ3) is 2.58. The SMILES string of the molecule is CC(C)c1cc(NC(=O)c2ccoc2Br)on1. The standard InChI is InChI=1S/C11H11BrN2O3/c1-6(2)8-5-9(17-14-8)13-11(15)7-3-4-16-10(7)12/h3-6H,1-2H3,(H,13,15). The van der Waals surface area contributed by atoms with Gasteiger partial charge in [-0.1, -0.05) is 19.0 Å². The molecule has 0 bridgehead atoms. The van der Waals surface area contributed by atoms with Crippen LogP contribution in [0.25, 0.3) is 0 Å². The van der Waals surface area contributed by atoms with Crippen LogP contribution in [0.5, 0.6) is 0 Å². The number of carbonyl (C=O) groups is 1. The zero-order valence-corrected chi connectivity index (χ0v) is 10.9. The highest BCUT2D eigenvalue weighted by Crippen LogP contribution is 2.21. The molecule has 1 N–H and O–H groups in total. The summed E-state index contributed by atoms with van der Waals surface area (Å²) in [7, 11) is 0. The highest BCUT2D eigenvalue weighted by atomic mass is 79.9. The van der Waals surface area contributed by atoms with E-state index in [2.05, 4.69) is 26.4 Å². The number of carbonyl (C=O) groups excluding carboxylic acids is 1. The monoisotopic (exact) mass is 298 g/mol. The van der Waals surface area contributed by atoms with Crippen molar-refractivity contribution in [3.05, 3.63) is 34.3 Å². The van der Waals surface area contributed by atoms with Crippen LogP contribution < -0.4 is 5.32 Å². The number of furan rings is 1. The maximum atomic E-state index is 11.8. The zero-order valence-electron chi connectivity index (χ0n) is 9.36. The number of hydrogen-bond donors (Lipinski definition) is 1. The Hall–Kier alpha value is -1.56. The summed E-state index contributed by atoms with van der Waals surface area (Å²) in [6, 6.07) is 3.27. The highest BCUT2D eigenvalue weighted by molar-refractivity contribution is 9.10. The number of hydrogen-bond acceptors (Lipinski definition) is 4. The fourth-order valence-electron chi connectivity index (χ4n) is 1.25. The van der Waals surface area contributed by atoms with Crippen LogP contribution in [-0.4, -0.2) is 11.1 Å². The highest BCUT2D eigenvalue weighted by Gasteiger charge is 2.15. The molecule has 6 heteroatoms. The fraction of sp³-hybridized carbons (Fsp3) is 0.273. The van der Waals surface area contributed by atoms with Gasteiger partial charge in [0.2, 0.25) is 5.88 Å². The molecule has 2 aromatic rings. The first kappa shape index (κ1) is 11.9. The first-order chi connectivity index (χ1) is 8.08. The van der Waals surface area contributed by atoms with Crippen molar-refractivity contribution in [2.24, 2.45) is 0 Å². The van der Waals surface area contributed by atoms with E-state index in [-0.39, 0.29) is 11.8 Å². The van der Waals surface area contributed by atoms with Gasteiger partial charge in [-0.3, -0.25) is 10.1 Å². The predicted molar refractivity (Wildman–Crippen MR) is 65.0 cm³/mol. The maximum absolute atomic E-state index is 11.8. The molecule has 0 atom stereocenters. The number of nitrogens with one attached hydrogen (secondary N) is 1. The molecule has 0 unspecified atom stereocenters. The molecule has 2 rings (SSSR count). The summed E-state index contributed by atoms with van der Waals surface area (Å²) in [5, 5.41) is 6.45. The molecule has 0 saturated heterocycles. The topological polar surface area (TPSA) is 68.3 Å². The lowest BCUT2D eigenvalue weighted by Gasteiger charge is -1.97. The smallest absolute Gasteiger partial charge is 0.262 e. The van der Waals surface area contributed by atoms with Crippen molar-refractivity contribution in [3.8, 4) is 0 Å². The molecule has 0 spiro atoms. The average Bonchev–Trinajstić information content (AvgIpc) is 2.86. The molecule has 0 aliphatic rings. The Labute approximate surface area is 106 Å². The van der Waals surface area contributed by atoms with E-state index in [1.807, 2.05) is 13.8 Å². The first-order valence-electron chi connectivity index (χ1n) is 5.09. The number of rotatable bonds is 3. The summed E-state index contributed by atoms with van der Waals surface area (Å²) in [4.78, 5) is 11.8. The lowest BCUT2D eigenvalue weighted by Crippen LogP contribution is -2.10. The molecule has 0 fully saturated rings. The summed E-state index contributed by atoms with van der Waals surface area (Å²) >= 11 is 3.13. The molecule has 0 aliphatic heterocycles. The summed E-state index contributed by atoms with van der Waals surface area (Å²) < 4.78 is 10.4. The summed E-state index contributed by atoms with van der Waals surface area (Å²) in [6.07, 6.45) is 1.43. The van der Waals surface area contributed by atoms with E-state index in [1.165, 1.54) is 6.26 Å². The van der Waals surface area contributed by atoms with Crippen LogP contribution in [0, 0.1) is 0 Å². The molecule has 5 nitrogen and oxygen atoms in total. The van der Waals surface area contributed by atoms with Crippen molar-refractivity contribution in [3.63, 3.8) is 0 Å². The van der Waals surface area contributed by atoms with Crippen molar-refractivity contribution < 1.29 is 13.7 Å². The van der Waals surface area contributed by atoms with E-state index >= 15 is 0 Å². The molecule has 0 saturated carbocycles. The van der Waals surface area contributed by atoms with Crippen molar-refractivity contribution in [2.75, 3.05) is 5.32 Å². The summed E-state index contributed by atoms with van der Waals surface area (Å²) in [5.74, 6) is 0.272. The van der Waals surface area contributed by atoms with Crippen molar-refractivity contribution in [2.45, 2.75) is 19.8 Å². The number of halogens is 1. The Bertz CT molecular complexity index is 530. The number of anilines is 1. The van der Waals surface area contributed by atoms with E-state index in [9.17, 15) is 4.79 Å². The van der Waals surface area contributed by atoms with Gasteiger partial charge in [-0.15, -0.1) is 0 Å². The Morgan fingerprint density at radius 2 is 2.29 bits per heavy atom. The van der Waals surface area contributed by atoms with Gasteiger partial charge in [-0.25, -0.2) is 0 Å². The zero-order chi connectivity index (χ0) is 12.4. The van der Waals surface area contributed by atoms with Crippen molar-refractivity contribution >= 4 is 27.7 Å². The lowest BCUT2D eigenvalue weighted by molar-refractivity contribution is 0.102. The second kappa shape index (κ2) is 4.75. The maximum Gasteiger partial charge on any atom is 0.262 e. The van der Waals surface area contributed by atoms with Crippen LogP contribution in [0.2, 0.25) is 0 Å². The van der Waals surface area contributed by atoms with Gasteiger partial charge in [0.05, 0.1) is 17.5 Å². The number of amides is 1. The molecule has 0 radical (unpaired) electrons. The van der Waals surface area contributed by atoms with Crippen LogP contribution in [-0.2, 0) is 0 Å². The Morgan fingerprint density at radius 1 is 1.53 bits per heavy atom. The quantitative estimate of drug-likeness (QED) is 0.943. The molecular formula is C11H11BrN2O3. The molecule has 2 aromatic heterocycles. The first-order valence-corrected chi connectivity index (χ1v) is 5.88. The molecule has 90 valence electrons. The minimum absolute atomic E-state index is 0.255. The van der Waals surface area contributed by atoms with Gasteiger partial charge in [-0.2, -0.15) is 0 Å². The lowest BCUT2D eigenvalue weighted by atomic mass is 10.1. The van der Waals surface area contributed by atoms with E-state index in [4.69, 9.17) is 8.94 Å². The Kier molecular flexibility index (Phi) is 3.33. The van der Waals surface area contributed by atoms with Crippen LogP contribution in [0.1, 0.15) is 35.8 Å². The molecular weight excluding hydrogens is 288 g/mol. The van der Waals surface area contributed by atoms with Crippen LogP contribution in [0.3, 0.4) is 0 Å². The van der Waals surface area contributed by atoms with Gasteiger partial charge in [-0.05, 0) is 27.9 Å². The Morgan fingerprint density at radius 3 is 2.82 bits per heavy atom. The largest absolute Gasteiger partial charge is 0.457 e. The van der Waals surface area contributed by atoms with Crippen LogP contribution in [0.15, 0.2) is 32.0 Å². The second-order valence-corrected chi connectivity index (χ2v) is 4.55. The van der Waals surface area contributed by atoms with Crippen molar-refractivity contribution in [1.82, 2.24) is 5.16 Å². The third-order valence-corrected chi connectivity index (χ3v) is 2.83. The van der Waals surface area contributed by atoms with E-state index in [0.717, 1.165) is 5.69 Å². The van der Waals surface area contributed by atoms with Gasteiger partial charge in [0.15, 0.2) is 4.67 Å². The van der Waals surface area contributed by atoms with E-state index in [0.29, 0.717) is 16.1 Å². The van der Waals surface area contributed by atoms with Gasteiger partial charge in [0, 0.05) is 6.07 Å². The van der Waals surface area contributed by atoms with Crippen LogP contribution >= 0.6 is 15.9 Å². The fourth-order valence-corrected chi connectivity index (χ4v) is 1.67.